The van der Waals surface area contributed by atoms with Crippen molar-refractivity contribution in [3.05, 3.63) is 80.3 Å². The molecular weight excluding hydrogens is 1420 g/mol. The first kappa shape index (κ1) is 84.8. The number of thiazole rings is 1. The zero-order chi connectivity index (χ0) is 77.1. The van der Waals surface area contributed by atoms with Crippen LogP contribution in [0.4, 0.5) is 0 Å². The van der Waals surface area contributed by atoms with Gasteiger partial charge >= 0.3 is 0 Å². The molecule has 20 aliphatic rings. The number of aromatic nitrogens is 6. The van der Waals surface area contributed by atoms with Gasteiger partial charge in [0.25, 0.3) is 0 Å². The lowest BCUT2D eigenvalue weighted by atomic mass is 9.79. The summed E-state index contributed by atoms with van der Waals surface area (Å²) in [5.41, 5.74) is 6.95. The molecule has 3 aliphatic carbocycles. The minimum Gasteiger partial charge on any atom is -0.381 e. The molecule has 0 amide bonds. The van der Waals surface area contributed by atoms with E-state index < -0.39 is 0 Å². The molecule has 22 nitrogen and oxygen atoms in total. The van der Waals surface area contributed by atoms with Crippen molar-refractivity contribution in [3.63, 3.8) is 0 Å². The highest BCUT2D eigenvalue weighted by Gasteiger charge is 2.48. The number of halogens is 1. The summed E-state index contributed by atoms with van der Waals surface area (Å²) in [6, 6.07) is 9.86. The first-order valence-electron chi connectivity index (χ1n) is 43.3. The molecular formula is C86H147ClN18O4S. The second-order valence-corrected chi connectivity index (χ2v) is 39.6. The number of benzene rings is 1. The second-order valence-electron chi connectivity index (χ2n) is 37.9. The Labute approximate surface area is 673 Å². The van der Waals surface area contributed by atoms with E-state index in [1.807, 2.05) is 34.6 Å². The number of likely N-dealkylation sites (N-methyl/N-ethyl adjacent to an activating group) is 5. The number of hydrogen-bond acceptors (Lipinski definition) is 21. The summed E-state index contributed by atoms with van der Waals surface area (Å²) in [6.45, 7) is 33.0. The number of ether oxygens (including phenoxy) is 4. The molecule has 10 unspecified atom stereocenters. The Morgan fingerprint density at radius 1 is 0.500 bits per heavy atom. The summed E-state index contributed by atoms with van der Waals surface area (Å²) >= 11 is 7.73. The lowest BCUT2D eigenvalue weighted by molar-refractivity contribution is -0.182. The minimum absolute atomic E-state index is 0.564. The topological polar surface area (TPSA) is 137 Å². The Balaban J connectivity index is 0.000000106. The number of morpholine rings is 2. The zero-order valence-corrected chi connectivity index (χ0v) is 72.3. The van der Waals surface area contributed by atoms with E-state index in [4.69, 9.17) is 30.5 Å². The van der Waals surface area contributed by atoms with Gasteiger partial charge in [0.1, 0.15) is 12.2 Å². The van der Waals surface area contributed by atoms with Crippen molar-refractivity contribution in [1.29, 1.82) is 0 Å². The molecule has 24 rings (SSSR count). The van der Waals surface area contributed by atoms with Crippen LogP contribution in [0.15, 0.2) is 37.1 Å². The van der Waals surface area contributed by atoms with Crippen molar-refractivity contribution < 1.29 is 18.9 Å². The Kier molecular flexibility index (Phi) is 30.7. The van der Waals surface area contributed by atoms with E-state index in [-0.39, 0.29) is 0 Å². The van der Waals surface area contributed by atoms with Gasteiger partial charge in [0.15, 0.2) is 0 Å². The van der Waals surface area contributed by atoms with Gasteiger partial charge in [-0.2, -0.15) is 5.10 Å². The Hall–Kier alpha value is -3.15. The predicted molar refractivity (Wildman–Crippen MR) is 445 cm³/mol. The first-order valence-corrected chi connectivity index (χ1v) is 44.5. The van der Waals surface area contributed by atoms with E-state index in [1.54, 1.807) is 6.33 Å². The van der Waals surface area contributed by atoms with Gasteiger partial charge in [0, 0.05) is 175 Å². The van der Waals surface area contributed by atoms with Crippen molar-refractivity contribution in [2.75, 3.05) is 216 Å². The van der Waals surface area contributed by atoms with Crippen LogP contribution in [0, 0.1) is 47.3 Å². The summed E-state index contributed by atoms with van der Waals surface area (Å²) in [6.07, 6.45) is 33.1. The Morgan fingerprint density at radius 3 is 1.67 bits per heavy atom. The van der Waals surface area contributed by atoms with Crippen molar-refractivity contribution >= 4 is 22.9 Å². The third-order valence-electron chi connectivity index (χ3n) is 28.1. The molecule has 0 radical (unpaired) electrons. The average Bonchev–Trinajstić information content (AvgIpc) is 1.49. The molecule has 618 valence electrons. The number of aryl methyl sites for hydroxylation is 1. The van der Waals surface area contributed by atoms with E-state index >= 15 is 0 Å². The van der Waals surface area contributed by atoms with Gasteiger partial charge < -0.3 is 62.7 Å². The van der Waals surface area contributed by atoms with Gasteiger partial charge in [-0.1, -0.05) is 24.1 Å². The third-order valence-corrected chi connectivity index (χ3v) is 29.3. The largest absolute Gasteiger partial charge is 0.381 e. The molecule has 3 saturated carbocycles. The van der Waals surface area contributed by atoms with Crippen molar-refractivity contribution in [2.24, 2.45) is 40.4 Å². The fourth-order valence-electron chi connectivity index (χ4n) is 21.1. The fourth-order valence-corrected chi connectivity index (χ4v) is 22.3. The SMILES string of the molecule is CN1C2CCC1CC2.CN1CC2(COC2)C1.CN1CC2CC1CO2.CN1CC2CCC(C1)O2.CN1CC2CCC1C2.CN1CC2CCCC2C1.CN1CC2COCC2C1.CN1CCC2(CC1)CC2.CN1CCc2ccc(Cl)cc2C1.CN1CCn2cncc2C1.CN1CCn2ncnc2C1.Cc1nc2c(s1)CN(C)C2. The van der Waals surface area contributed by atoms with Gasteiger partial charge in [0.2, 0.25) is 0 Å². The second kappa shape index (κ2) is 39.9. The quantitative estimate of drug-likeness (QED) is 0.165. The van der Waals surface area contributed by atoms with E-state index in [9.17, 15) is 0 Å². The van der Waals surface area contributed by atoms with E-state index in [0.29, 0.717) is 23.7 Å². The van der Waals surface area contributed by atoms with E-state index in [2.05, 4.69) is 187 Å². The Bertz CT molecular complexity index is 3220. The number of likely N-dealkylation sites (tertiary alicyclic amines) is 7. The number of fused-ring (bicyclic) bond motifs is 14. The van der Waals surface area contributed by atoms with Gasteiger partial charge in [0.05, 0.1) is 87.2 Å². The predicted octanol–water partition coefficient (Wildman–Crippen LogP) is 9.67. The van der Waals surface area contributed by atoms with Crippen LogP contribution in [0.5, 0.6) is 0 Å². The smallest absolute Gasteiger partial charge is 0.141 e. The first-order chi connectivity index (χ1) is 53.0. The summed E-state index contributed by atoms with van der Waals surface area (Å²) in [5.74, 6) is 6.02. The molecule has 13 saturated heterocycles. The number of nitrogens with zero attached hydrogens (tertiary/aromatic N) is 18. The molecule has 20 heterocycles. The van der Waals surface area contributed by atoms with Crippen LogP contribution in [-0.2, 0) is 71.2 Å². The van der Waals surface area contributed by atoms with E-state index in [1.165, 1.54) is 200 Å². The van der Waals surface area contributed by atoms with Crippen LogP contribution in [0.1, 0.15) is 147 Å². The van der Waals surface area contributed by atoms with E-state index in [0.717, 1.165) is 195 Å². The molecule has 2 spiro atoms. The van der Waals surface area contributed by atoms with Crippen molar-refractivity contribution in [2.45, 2.75) is 211 Å². The highest BCUT2D eigenvalue weighted by Crippen LogP contribution is 2.53. The highest BCUT2D eigenvalue weighted by molar-refractivity contribution is 7.11. The number of imidazole rings is 1. The van der Waals surface area contributed by atoms with Crippen LogP contribution in [0.25, 0.3) is 0 Å². The highest BCUT2D eigenvalue weighted by atomic mass is 35.5. The van der Waals surface area contributed by atoms with Crippen LogP contribution < -0.4 is 0 Å². The maximum Gasteiger partial charge on any atom is 0.141 e. The minimum atomic E-state index is 0.564. The molecule has 1 aromatic carbocycles. The molecule has 8 bridgehead atoms. The lowest BCUT2D eigenvalue weighted by Gasteiger charge is -2.53. The molecule has 10 atom stereocenters. The molecule has 16 fully saturated rings. The fraction of sp³-hybridized carbons (Fsp3) is 0.837. The lowest BCUT2D eigenvalue weighted by Crippen LogP contribution is -2.64. The number of piperidine rings is 2. The molecule has 17 aliphatic heterocycles. The molecule has 110 heavy (non-hydrogen) atoms. The molecule has 24 heteroatoms. The molecule has 4 aromatic rings. The molecule has 0 N–H and O–H groups in total. The van der Waals surface area contributed by atoms with Gasteiger partial charge in [-0.3, -0.25) is 19.6 Å². The zero-order valence-electron chi connectivity index (χ0n) is 70.7. The van der Waals surface area contributed by atoms with Gasteiger partial charge in [-0.25, -0.2) is 19.6 Å². The number of rotatable bonds is 0. The summed E-state index contributed by atoms with van der Waals surface area (Å²) < 4.78 is 25.6. The van der Waals surface area contributed by atoms with Crippen molar-refractivity contribution in [1.82, 2.24) is 88.1 Å². The standard InChI is InChI=1S/C10H12ClN.2C8H15N.C7H11N3.C7H10N2S.2C7H13NO.2C7H13N.C6H10N4.2C6H11NO/c1-12-5-4-8-2-3-10(11)6-9(8)7-12;1-9-6-4-8(2-3-8)5-7-9;1-9-5-7-3-2-4-8(7)6-9;1-9-2-3-10-6-8-4-7(10)5-9;1-5-8-6-3-9(2)4-7(6)10-5;1-8-2-6-4-9-5-7(6)3-8;1-8-4-6-2-3-7(5-8)9-6;1-8-5-6-2-3-7(8)4-6;1-8-6-2-3-7(8)5-4-6;1-9-2-3-10-6(4-9)7-5-8-10;1-7-2-6(3-7)4-8-5-6;1-7-3-6-2-5(7)4-8-6/h2-3,6H,4-5,7H2,1H3;2-7H2,1H3;7-8H,2-6H2,1H3;4,6H,2-3,5H2,1H3;3-4H2,1-2H3;2*6-7H,2-5H2,1H3;2*6-7H,2-5H2,1H3;5H,2-4H2,1H3;2-5H2,1H3;5-6H,2-4H2,1H3. The molecule has 3 aromatic heterocycles. The van der Waals surface area contributed by atoms with Crippen LogP contribution in [0.2, 0.25) is 5.02 Å². The normalized spacial score (nSPS) is 32.9. The monoisotopic (exact) mass is 1560 g/mol. The third kappa shape index (κ3) is 24.0. The summed E-state index contributed by atoms with van der Waals surface area (Å²) in [7, 11) is 26.2. The van der Waals surface area contributed by atoms with Crippen molar-refractivity contribution in [3.8, 4) is 0 Å². The maximum absolute atomic E-state index is 5.91. The Morgan fingerprint density at radius 2 is 1.14 bits per heavy atom. The van der Waals surface area contributed by atoms with Crippen LogP contribution >= 0.6 is 22.9 Å². The van der Waals surface area contributed by atoms with Gasteiger partial charge in [-0.05, 0) is 260 Å². The summed E-state index contributed by atoms with van der Waals surface area (Å²) in [4.78, 5) is 42.7. The van der Waals surface area contributed by atoms with Gasteiger partial charge in [-0.15, -0.1) is 11.3 Å². The maximum atomic E-state index is 5.91. The summed E-state index contributed by atoms with van der Waals surface area (Å²) in [5, 5.41) is 6.13. The van der Waals surface area contributed by atoms with Crippen LogP contribution in [-0.4, -0.2) is 346 Å². The average molecular weight is 1560 g/mol. The van der Waals surface area contributed by atoms with Crippen LogP contribution in [0.3, 0.4) is 0 Å². The number of hydrogen-bond donors (Lipinski definition) is 0.